The molecule has 1 aliphatic heterocycles. The lowest BCUT2D eigenvalue weighted by Gasteiger charge is -2.10. The van der Waals surface area contributed by atoms with Crippen molar-refractivity contribution in [1.29, 1.82) is 0 Å². The molecule has 0 saturated carbocycles. The van der Waals surface area contributed by atoms with E-state index in [0.717, 1.165) is 31.4 Å². The van der Waals surface area contributed by atoms with Crippen LogP contribution < -0.4 is 5.32 Å². The fraction of sp³-hybridized carbons (Fsp3) is 0.400. The monoisotopic (exact) mass is 319 g/mol. The molecule has 0 spiro atoms. The number of rotatable bonds is 5. The molecule has 116 valence electrons. The number of H-pyrrole nitrogens is 1. The molecule has 1 atom stereocenters. The van der Waals surface area contributed by atoms with Gasteiger partial charge in [0.15, 0.2) is 0 Å². The summed E-state index contributed by atoms with van der Waals surface area (Å²) >= 11 is 4.83. The molecule has 2 aromatic rings. The molecule has 0 aliphatic carbocycles. The number of benzene rings is 1. The number of aromatic amines is 1. The van der Waals surface area contributed by atoms with Crippen LogP contribution in [0.5, 0.6) is 0 Å². The molecule has 1 amide bonds. The number of hydrogen-bond acceptors (Lipinski definition) is 5. The highest BCUT2D eigenvalue weighted by atomic mass is 32.1. The lowest BCUT2D eigenvalue weighted by atomic mass is 10.1. The van der Waals surface area contributed by atoms with Crippen LogP contribution in [0.1, 0.15) is 29.6 Å². The van der Waals surface area contributed by atoms with Crippen molar-refractivity contribution in [3.05, 3.63) is 34.7 Å². The average Bonchev–Trinajstić information content (AvgIpc) is 3.19. The Morgan fingerprint density at radius 3 is 2.86 bits per heavy atom. The van der Waals surface area contributed by atoms with Crippen LogP contribution in [0.15, 0.2) is 28.7 Å². The van der Waals surface area contributed by atoms with Gasteiger partial charge in [-0.2, -0.15) is 0 Å². The molecule has 6 nitrogen and oxygen atoms in total. The molecule has 1 aromatic carbocycles. The van der Waals surface area contributed by atoms with Gasteiger partial charge < -0.3 is 14.5 Å². The van der Waals surface area contributed by atoms with Crippen molar-refractivity contribution in [2.75, 3.05) is 13.2 Å². The standard InChI is InChI=1S/C15H17N3O3S/c19-13(16-8-7-12-2-1-9-20-12)10-3-5-11(6-4-10)14-17-18-15(22)21-14/h3-6,12H,1-2,7-9H2,(H,16,19)(H,18,22). The largest absolute Gasteiger partial charge is 0.409 e. The molecule has 0 bridgehead atoms. The van der Waals surface area contributed by atoms with Crippen molar-refractivity contribution in [2.24, 2.45) is 0 Å². The number of carbonyl (C=O) groups excluding carboxylic acids is 1. The molecule has 0 radical (unpaired) electrons. The van der Waals surface area contributed by atoms with Gasteiger partial charge in [-0.25, -0.2) is 5.10 Å². The molecule has 1 saturated heterocycles. The quantitative estimate of drug-likeness (QED) is 0.828. The lowest BCUT2D eigenvalue weighted by Crippen LogP contribution is -2.26. The van der Waals surface area contributed by atoms with E-state index in [0.29, 0.717) is 18.0 Å². The van der Waals surface area contributed by atoms with E-state index >= 15 is 0 Å². The van der Waals surface area contributed by atoms with Crippen molar-refractivity contribution < 1.29 is 13.9 Å². The van der Waals surface area contributed by atoms with E-state index in [4.69, 9.17) is 21.4 Å². The first kappa shape index (κ1) is 14.9. The smallest absolute Gasteiger partial charge is 0.284 e. The highest BCUT2D eigenvalue weighted by Crippen LogP contribution is 2.17. The molecule has 1 unspecified atom stereocenters. The molecular formula is C15H17N3O3S. The summed E-state index contributed by atoms with van der Waals surface area (Å²) in [7, 11) is 0. The highest BCUT2D eigenvalue weighted by Gasteiger charge is 2.15. The molecule has 2 heterocycles. The van der Waals surface area contributed by atoms with Crippen LogP contribution in [0.2, 0.25) is 0 Å². The Balaban J connectivity index is 1.55. The lowest BCUT2D eigenvalue weighted by molar-refractivity contribution is 0.0907. The highest BCUT2D eigenvalue weighted by molar-refractivity contribution is 7.71. The maximum Gasteiger partial charge on any atom is 0.284 e. The van der Waals surface area contributed by atoms with Crippen molar-refractivity contribution in [3.8, 4) is 11.5 Å². The van der Waals surface area contributed by atoms with Crippen LogP contribution in [0.25, 0.3) is 11.5 Å². The first-order valence-electron chi connectivity index (χ1n) is 7.28. The fourth-order valence-corrected chi connectivity index (χ4v) is 2.56. The third-order valence-corrected chi connectivity index (χ3v) is 3.78. The number of carbonyl (C=O) groups is 1. The molecule has 1 fully saturated rings. The molecule has 1 aromatic heterocycles. The Hall–Kier alpha value is -1.99. The molecule has 3 rings (SSSR count). The Morgan fingerprint density at radius 2 is 2.23 bits per heavy atom. The number of amides is 1. The first-order valence-corrected chi connectivity index (χ1v) is 7.69. The van der Waals surface area contributed by atoms with E-state index in [2.05, 4.69) is 15.5 Å². The van der Waals surface area contributed by atoms with Gasteiger partial charge in [0.2, 0.25) is 5.89 Å². The number of hydrogen-bond donors (Lipinski definition) is 2. The molecular weight excluding hydrogens is 302 g/mol. The Bertz CT molecular complexity index is 687. The van der Waals surface area contributed by atoms with Gasteiger partial charge >= 0.3 is 0 Å². The minimum atomic E-state index is -0.0903. The van der Waals surface area contributed by atoms with Gasteiger partial charge in [-0.3, -0.25) is 4.79 Å². The van der Waals surface area contributed by atoms with Gasteiger partial charge in [-0.15, -0.1) is 5.10 Å². The average molecular weight is 319 g/mol. The summed E-state index contributed by atoms with van der Waals surface area (Å²) in [4.78, 5) is 12.3. The van der Waals surface area contributed by atoms with Crippen molar-refractivity contribution in [3.63, 3.8) is 0 Å². The summed E-state index contributed by atoms with van der Waals surface area (Å²) in [5, 5.41) is 9.42. The van der Waals surface area contributed by atoms with Gasteiger partial charge in [0.1, 0.15) is 0 Å². The van der Waals surface area contributed by atoms with E-state index in [1.54, 1.807) is 24.3 Å². The minimum absolute atomic E-state index is 0.0903. The second kappa shape index (κ2) is 6.85. The van der Waals surface area contributed by atoms with E-state index in [1.165, 1.54) is 0 Å². The van der Waals surface area contributed by atoms with Crippen LogP contribution in [0.3, 0.4) is 0 Å². The summed E-state index contributed by atoms with van der Waals surface area (Å²) in [5.41, 5.74) is 1.37. The molecule has 2 N–H and O–H groups in total. The zero-order valence-electron chi connectivity index (χ0n) is 12.0. The topological polar surface area (TPSA) is 80.1 Å². The SMILES string of the molecule is O=C(NCCC1CCCO1)c1ccc(-c2n[nH]c(=S)o2)cc1. The predicted molar refractivity (Wildman–Crippen MR) is 83.0 cm³/mol. The number of aromatic nitrogens is 2. The second-order valence-corrected chi connectivity index (χ2v) is 5.55. The van der Waals surface area contributed by atoms with Crippen LogP contribution in [-0.4, -0.2) is 35.4 Å². The molecule has 22 heavy (non-hydrogen) atoms. The summed E-state index contributed by atoms with van der Waals surface area (Å²) in [6.07, 6.45) is 3.35. The Labute approximate surface area is 132 Å². The molecule has 7 heteroatoms. The van der Waals surface area contributed by atoms with E-state index < -0.39 is 0 Å². The van der Waals surface area contributed by atoms with Crippen molar-refractivity contribution in [1.82, 2.24) is 15.5 Å². The zero-order valence-corrected chi connectivity index (χ0v) is 12.8. The number of nitrogens with one attached hydrogen (secondary N) is 2. The van der Waals surface area contributed by atoms with Crippen LogP contribution >= 0.6 is 12.2 Å². The fourth-order valence-electron chi connectivity index (χ4n) is 2.44. The summed E-state index contributed by atoms with van der Waals surface area (Å²) in [6.45, 7) is 1.46. The van der Waals surface area contributed by atoms with E-state index in [9.17, 15) is 4.79 Å². The Kier molecular flexibility index (Phi) is 4.65. The van der Waals surface area contributed by atoms with Gasteiger partial charge in [-0.05, 0) is 55.7 Å². The summed E-state index contributed by atoms with van der Waals surface area (Å²) < 4.78 is 10.8. The third kappa shape index (κ3) is 3.61. The first-order chi connectivity index (χ1) is 10.7. The maximum atomic E-state index is 12.1. The number of nitrogens with zero attached hydrogens (tertiary/aromatic N) is 1. The van der Waals surface area contributed by atoms with Crippen molar-refractivity contribution in [2.45, 2.75) is 25.4 Å². The van der Waals surface area contributed by atoms with Gasteiger partial charge in [0.05, 0.1) is 6.10 Å². The van der Waals surface area contributed by atoms with Gasteiger partial charge in [-0.1, -0.05) is 0 Å². The Morgan fingerprint density at radius 1 is 1.41 bits per heavy atom. The summed E-state index contributed by atoms with van der Waals surface area (Å²) in [5.74, 6) is 0.322. The van der Waals surface area contributed by atoms with Crippen molar-refractivity contribution >= 4 is 18.1 Å². The third-order valence-electron chi connectivity index (χ3n) is 3.61. The number of ether oxygens (including phenoxy) is 1. The zero-order chi connectivity index (χ0) is 15.4. The minimum Gasteiger partial charge on any atom is -0.409 e. The van der Waals surface area contributed by atoms with Crippen LogP contribution in [0.4, 0.5) is 0 Å². The summed E-state index contributed by atoms with van der Waals surface area (Å²) in [6, 6.07) is 7.04. The predicted octanol–water partition coefficient (Wildman–Crippen LogP) is 2.70. The van der Waals surface area contributed by atoms with Crippen LogP contribution in [0, 0.1) is 4.84 Å². The van der Waals surface area contributed by atoms with Gasteiger partial charge in [0, 0.05) is 24.3 Å². The van der Waals surface area contributed by atoms with E-state index in [1.807, 2.05) is 0 Å². The second-order valence-electron chi connectivity index (χ2n) is 5.18. The van der Waals surface area contributed by atoms with E-state index in [-0.39, 0.29) is 16.8 Å². The van der Waals surface area contributed by atoms with Crippen LogP contribution in [-0.2, 0) is 4.74 Å². The maximum absolute atomic E-state index is 12.1. The normalized spacial score (nSPS) is 17.5. The molecule has 1 aliphatic rings. The van der Waals surface area contributed by atoms with Gasteiger partial charge in [0.25, 0.3) is 10.7 Å².